The average Bonchev–Trinajstić information content (AvgIpc) is 3.02. The average molecular weight is 313 g/mol. The molecule has 0 unspecified atom stereocenters. The Labute approximate surface area is 134 Å². The molecule has 0 spiro atoms. The van der Waals surface area contributed by atoms with Gasteiger partial charge < -0.3 is 10.2 Å². The number of rotatable bonds is 4. The normalized spacial score (nSPS) is 16.7. The maximum absolute atomic E-state index is 12.2. The van der Waals surface area contributed by atoms with Gasteiger partial charge in [-0.2, -0.15) is 5.10 Å². The number of nitrogens with one attached hydrogen (secondary N) is 1. The Morgan fingerprint density at radius 2 is 2.17 bits per heavy atom. The number of hydrogen-bond acceptors (Lipinski definition) is 4. The fourth-order valence-corrected chi connectivity index (χ4v) is 2.76. The summed E-state index contributed by atoms with van der Waals surface area (Å²) < 4.78 is 1.85. The van der Waals surface area contributed by atoms with Crippen molar-refractivity contribution < 1.29 is 9.59 Å². The molecule has 1 atom stereocenters. The van der Waals surface area contributed by atoms with Crippen molar-refractivity contribution in [3.63, 3.8) is 0 Å². The Bertz CT molecular complexity index is 698. The molecule has 7 nitrogen and oxygen atoms in total. The number of carbonyl (C=O) groups excluding carboxylic acids is 2. The van der Waals surface area contributed by atoms with E-state index in [4.69, 9.17) is 0 Å². The van der Waals surface area contributed by atoms with E-state index in [2.05, 4.69) is 15.4 Å². The molecule has 0 aliphatic carbocycles. The largest absolute Gasteiger partial charge is 0.350 e. The summed E-state index contributed by atoms with van der Waals surface area (Å²) in [4.78, 5) is 29.8. The summed E-state index contributed by atoms with van der Waals surface area (Å²) in [5.41, 5.74) is 1.77. The first kappa shape index (κ1) is 15.2. The van der Waals surface area contributed by atoms with Crippen molar-refractivity contribution in [1.82, 2.24) is 25.0 Å². The van der Waals surface area contributed by atoms with Gasteiger partial charge >= 0.3 is 0 Å². The Morgan fingerprint density at radius 3 is 2.91 bits per heavy atom. The van der Waals surface area contributed by atoms with E-state index in [1.165, 1.54) is 0 Å². The molecule has 2 aromatic heterocycles. The summed E-state index contributed by atoms with van der Waals surface area (Å²) in [6.45, 7) is 2.99. The Balaban J connectivity index is 1.62. The van der Waals surface area contributed by atoms with Gasteiger partial charge in [0, 0.05) is 25.9 Å². The molecule has 0 fully saturated rings. The molecule has 120 valence electrons. The van der Waals surface area contributed by atoms with Crippen LogP contribution in [0, 0.1) is 0 Å². The van der Waals surface area contributed by atoms with Gasteiger partial charge in [0.1, 0.15) is 0 Å². The van der Waals surface area contributed by atoms with Crippen molar-refractivity contribution >= 4 is 11.8 Å². The molecule has 0 aromatic carbocycles. The Hall–Kier alpha value is -2.70. The predicted octanol–water partition coefficient (Wildman–Crippen LogP) is 0.888. The molecule has 0 bridgehead atoms. The zero-order chi connectivity index (χ0) is 16.2. The van der Waals surface area contributed by atoms with Crippen molar-refractivity contribution in [1.29, 1.82) is 0 Å². The number of carbonyl (C=O) groups is 2. The molecule has 0 radical (unpaired) electrons. The molecule has 0 saturated carbocycles. The van der Waals surface area contributed by atoms with Crippen LogP contribution in [-0.4, -0.2) is 38.0 Å². The predicted molar refractivity (Wildman–Crippen MR) is 83.1 cm³/mol. The smallest absolute Gasteiger partial charge is 0.222 e. The van der Waals surface area contributed by atoms with Crippen LogP contribution in [0.1, 0.15) is 30.8 Å². The van der Waals surface area contributed by atoms with Crippen LogP contribution in [0.3, 0.4) is 0 Å². The van der Waals surface area contributed by atoms with E-state index in [1.54, 1.807) is 24.2 Å². The van der Waals surface area contributed by atoms with E-state index in [1.807, 2.05) is 28.9 Å². The lowest BCUT2D eigenvalue weighted by Gasteiger charge is -2.33. The number of aromatic nitrogens is 3. The monoisotopic (exact) mass is 313 g/mol. The molecule has 1 N–H and O–H groups in total. The SMILES string of the molecule is CC(=O)N1Cc2ccnn2[C@H](CC(=O)NCc2ccccn2)C1. The highest BCUT2D eigenvalue weighted by molar-refractivity contribution is 5.77. The lowest BCUT2D eigenvalue weighted by molar-refractivity contribution is -0.132. The third-order valence-electron chi connectivity index (χ3n) is 3.94. The number of hydrogen-bond donors (Lipinski definition) is 1. The summed E-state index contributed by atoms with van der Waals surface area (Å²) in [5.74, 6) is -0.0659. The minimum absolute atomic E-state index is 0.0105. The molecule has 1 aliphatic rings. The summed E-state index contributed by atoms with van der Waals surface area (Å²) in [7, 11) is 0. The lowest BCUT2D eigenvalue weighted by atomic mass is 10.1. The van der Waals surface area contributed by atoms with Gasteiger partial charge in [-0.3, -0.25) is 19.3 Å². The van der Waals surface area contributed by atoms with Crippen LogP contribution in [-0.2, 0) is 22.7 Å². The van der Waals surface area contributed by atoms with Crippen LogP contribution in [0.2, 0.25) is 0 Å². The van der Waals surface area contributed by atoms with Gasteiger partial charge in [-0.05, 0) is 18.2 Å². The zero-order valence-electron chi connectivity index (χ0n) is 13.0. The second-order valence-electron chi connectivity index (χ2n) is 5.62. The standard InChI is InChI=1S/C16H19N5O2/c1-12(22)20-10-14-5-7-19-21(14)15(11-20)8-16(23)18-9-13-4-2-3-6-17-13/h2-7,15H,8-11H2,1H3,(H,18,23)/t15-/m1/s1. The minimum Gasteiger partial charge on any atom is -0.350 e. The van der Waals surface area contributed by atoms with Crippen LogP contribution in [0.4, 0.5) is 0 Å². The van der Waals surface area contributed by atoms with Gasteiger partial charge in [0.2, 0.25) is 11.8 Å². The molecule has 0 saturated heterocycles. The van der Waals surface area contributed by atoms with Crippen LogP contribution in [0.15, 0.2) is 36.7 Å². The summed E-state index contributed by atoms with van der Waals surface area (Å²) in [5, 5.41) is 7.16. The summed E-state index contributed by atoms with van der Waals surface area (Å²) in [6, 6.07) is 7.33. The third kappa shape index (κ3) is 3.56. The Kier molecular flexibility index (Phi) is 4.36. The number of pyridine rings is 1. The van der Waals surface area contributed by atoms with Crippen molar-refractivity contribution in [3.05, 3.63) is 48.0 Å². The second-order valence-corrected chi connectivity index (χ2v) is 5.62. The highest BCUT2D eigenvalue weighted by Gasteiger charge is 2.28. The fraction of sp³-hybridized carbons (Fsp3) is 0.375. The third-order valence-corrected chi connectivity index (χ3v) is 3.94. The summed E-state index contributed by atoms with van der Waals surface area (Å²) in [6.07, 6.45) is 3.69. The highest BCUT2D eigenvalue weighted by atomic mass is 16.2. The van der Waals surface area contributed by atoms with Crippen LogP contribution >= 0.6 is 0 Å². The molecular weight excluding hydrogens is 294 g/mol. The molecule has 23 heavy (non-hydrogen) atoms. The first-order chi connectivity index (χ1) is 11.1. The number of nitrogens with zero attached hydrogens (tertiary/aromatic N) is 4. The van der Waals surface area contributed by atoms with Crippen molar-refractivity contribution in [2.45, 2.75) is 32.5 Å². The minimum atomic E-state index is -0.138. The summed E-state index contributed by atoms with van der Waals surface area (Å²) >= 11 is 0. The van der Waals surface area contributed by atoms with E-state index >= 15 is 0 Å². The number of fused-ring (bicyclic) bond motifs is 1. The topological polar surface area (TPSA) is 80.1 Å². The molecule has 2 amide bonds. The van der Waals surface area contributed by atoms with Crippen molar-refractivity contribution in [2.24, 2.45) is 0 Å². The maximum Gasteiger partial charge on any atom is 0.222 e. The molecule has 2 aromatic rings. The van der Waals surface area contributed by atoms with E-state index in [0.717, 1.165) is 11.4 Å². The van der Waals surface area contributed by atoms with Crippen LogP contribution in [0.5, 0.6) is 0 Å². The molecular formula is C16H19N5O2. The highest BCUT2D eigenvalue weighted by Crippen LogP contribution is 2.22. The van der Waals surface area contributed by atoms with Gasteiger partial charge in [-0.15, -0.1) is 0 Å². The van der Waals surface area contributed by atoms with Crippen molar-refractivity contribution in [2.75, 3.05) is 6.54 Å². The Morgan fingerprint density at radius 1 is 1.30 bits per heavy atom. The van der Waals surface area contributed by atoms with E-state index in [-0.39, 0.29) is 24.3 Å². The van der Waals surface area contributed by atoms with Gasteiger partial charge in [0.05, 0.1) is 36.9 Å². The first-order valence-corrected chi connectivity index (χ1v) is 7.58. The van der Waals surface area contributed by atoms with E-state index in [0.29, 0.717) is 19.6 Å². The molecule has 3 heterocycles. The zero-order valence-corrected chi connectivity index (χ0v) is 13.0. The maximum atomic E-state index is 12.2. The van der Waals surface area contributed by atoms with Crippen LogP contribution < -0.4 is 5.32 Å². The van der Waals surface area contributed by atoms with Crippen LogP contribution in [0.25, 0.3) is 0 Å². The second kappa shape index (κ2) is 6.60. The number of amides is 2. The van der Waals surface area contributed by atoms with E-state index in [9.17, 15) is 9.59 Å². The quantitative estimate of drug-likeness (QED) is 0.909. The molecule has 1 aliphatic heterocycles. The van der Waals surface area contributed by atoms with Gasteiger partial charge in [-0.25, -0.2) is 0 Å². The van der Waals surface area contributed by atoms with Gasteiger partial charge in [-0.1, -0.05) is 6.07 Å². The van der Waals surface area contributed by atoms with Gasteiger partial charge in [0.15, 0.2) is 0 Å². The van der Waals surface area contributed by atoms with Crippen molar-refractivity contribution in [3.8, 4) is 0 Å². The molecule has 3 rings (SSSR count). The fourth-order valence-electron chi connectivity index (χ4n) is 2.76. The van der Waals surface area contributed by atoms with E-state index < -0.39 is 0 Å². The lowest BCUT2D eigenvalue weighted by Crippen LogP contribution is -2.42. The van der Waals surface area contributed by atoms with Gasteiger partial charge in [0.25, 0.3) is 0 Å². The molecule has 7 heteroatoms. The first-order valence-electron chi connectivity index (χ1n) is 7.58.